The molecular weight excluding hydrogens is 236 g/mol. The van der Waals surface area contributed by atoms with Gasteiger partial charge in [0.25, 0.3) is 0 Å². The molecule has 0 amide bonds. The van der Waals surface area contributed by atoms with Crippen molar-refractivity contribution >= 4 is 5.97 Å². The summed E-state index contributed by atoms with van der Waals surface area (Å²) in [4.78, 5) is 11.3. The van der Waals surface area contributed by atoms with Crippen LogP contribution in [0.4, 0.5) is 0 Å². The van der Waals surface area contributed by atoms with Gasteiger partial charge in [-0.1, -0.05) is 36.4 Å². The van der Waals surface area contributed by atoms with E-state index in [0.29, 0.717) is 5.92 Å². The van der Waals surface area contributed by atoms with Crippen LogP contribution in [0, 0.1) is 0 Å². The third kappa shape index (κ3) is 3.46. The maximum absolute atomic E-state index is 11.3. The molecule has 19 heavy (non-hydrogen) atoms. The monoisotopic (exact) mass is 258 g/mol. The number of hydrogen-bond donors (Lipinski definition) is 0. The molecule has 0 saturated heterocycles. The molecule has 1 saturated carbocycles. The third-order valence-electron chi connectivity index (χ3n) is 3.92. The maximum atomic E-state index is 11.3. The molecule has 1 aromatic rings. The second-order valence-electron chi connectivity index (χ2n) is 5.34. The molecule has 1 aliphatic rings. The van der Waals surface area contributed by atoms with Crippen molar-refractivity contribution in [2.75, 3.05) is 0 Å². The van der Waals surface area contributed by atoms with Crippen molar-refractivity contribution in [3.05, 3.63) is 48.0 Å². The summed E-state index contributed by atoms with van der Waals surface area (Å²) in [6, 6.07) is 10.6. The fourth-order valence-corrected chi connectivity index (χ4v) is 3.06. The molecule has 0 unspecified atom stereocenters. The van der Waals surface area contributed by atoms with Crippen LogP contribution in [0.15, 0.2) is 42.5 Å². The third-order valence-corrected chi connectivity index (χ3v) is 3.92. The van der Waals surface area contributed by atoms with Crippen LogP contribution in [-0.2, 0) is 9.53 Å². The lowest BCUT2D eigenvalue weighted by atomic mass is 9.76. The predicted molar refractivity (Wildman–Crippen MR) is 77.0 cm³/mol. The molecule has 1 fully saturated rings. The van der Waals surface area contributed by atoms with E-state index in [1.54, 1.807) is 0 Å². The molecule has 0 radical (unpaired) electrons. The van der Waals surface area contributed by atoms with Gasteiger partial charge in [0.15, 0.2) is 0 Å². The first-order valence-corrected chi connectivity index (χ1v) is 7.03. The molecule has 0 aromatic heterocycles. The van der Waals surface area contributed by atoms with E-state index < -0.39 is 0 Å². The van der Waals surface area contributed by atoms with Gasteiger partial charge in [-0.3, -0.25) is 4.79 Å². The highest BCUT2D eigenvalue weighted by atomic mass is 16.6. The van der Waals surface area contributed by atoms with Crippen LogP contribution in [-0.4, -0.2) is 11.6 Å². The zero-order valence-corrected chi connectivity index (χ0v) is 11.8. The standard InChI is InChI=1S/C17H22O2/c1-3-11-17(19-14(2)18)12-9-16(10-13-17)15-7-5-4-6-8-15/h3-8,11,16H,9-10,12-13H2,1-2H3/b11-3+. The largest absolute Gasteiger partial charge is 0.455 e. The van der Waals surface area contributed by atoms with E-state index in [1.807, 2.05) is 13.0 Å². The Morgan fingerprint density at radius 1 is 1.26 bits per heavy atom. The molecule has 0 N–H and O–H groups in total. The van der Waals surface area contributed by atoms with Gasteiger partial charge < -0.3 is 4.74 Å². The first kappa shape index (κ1) is 13.9. The van der Waals surface area contributed by atoms with Crippen LogP contribution in [0.3, 0.4) is 0 Å². The van der Waals surface area contributed by atoms with Gasteiger partial charge in [0.05, 0.1) is 0 Å². The fraction of sp³-hybridized carbons (Fsp3) is 0.471. The van der Waals surface area contributed by atoms with Crippen molar-refractivity contribution in [1.82, 2.24) is 0 Å². The minimum absolute atomic E-state index is 0.184. The van der Waals surface area contributed by atoms with E-state index in [4.69, 9.17) is 4.74 Å². The molecule has 1 aromatic carbocycles. The lowest BCUT2D eigenvalue weighted by Gasteiger charge is -2.37. The van der Waals surface area contributed by atoms with Crippen molar-refractivity contribution in [2.45, 2.75) is 51.0 Å². The smallest absolute Gasteiger partial charge is 0.303 e. The van der Waals surface area contributed by atoms with Gasteiger partial charge in [-0.05, 0) is 50.2 Å². The normalized spacial score (nSPS) is 27.4. The number of ether oxygens (including phenoxy) is 1. The summed E-state index contributed by atoms with van der Waals surface area (Å²) in [6.07, 6.45) is 8.01. The fourth-order valence-electron chi connectivity index (χ4n) is 3.06. The van der Waals surface area contributed by atoms with Crippen molar-refractivity contribution in [2.24, 2.45) is 0 Å². The van der Waals surface area contributed by atoms with Crippen LogP contribution in [0.2, 0.25) is 0 Å². The highest BCUT2D eigenvalue weighted by Gasteiger charge is 2.36. The topological polar surface area (TPSA) is 26.3 Å². The Labute approximate surface area is 115 Å². The van der Waals surface area contributed by atoms with E-state index in [9.17, 15) is 4.79 Å². The molecule has 102 valence electrons. The van der Waals surface area contributed by atoms with Gasteiger partial charge in [0, 0.05) is 6.92 Å². The quantitative estimate of drug-likeness (QED) is 0.599. The minimum atomic E-state index is -0.369. The number of rotatable bonds is 3. The van der Waals surface area contributed by atoms with E-state index in [1.165, 1.54) is 12.5 Å². The lowest BCUT2D eigenvalue weighted by molar-refractivity contribution is -0.155. The van der Waals surface area contributed by atoms with Crippen molar-refractivity contribution < 1.29 is 9.53 Å². The van der Waals surface area contributed by atoms with Gasteiger partial charge in [-0.25, -0.2) is 0 Å². The number of allylic oxidation sites excluding steroid dienone is 1. The average molecular weight is 258 g/mol. The Bertz CT molecular complexity index is 440. The van der Waals surface area contributed by atoms with Gasteiger partial charge in [-0.15, -0.1) is 0 Å². The zero-order valence-electron chi connectivity index (χ0n) is 11.8. The van der Waals surface area contributed by atoms with Crippen LogP contribution < -0.4 is 0 Å². The summed E-state index contributed by atoms with van der Waals surface area (Å²) in [7, 11) is 0. The first-order valence-electron chi connectivity index (χ1n) is 7.03. The maximum Gasteiger partial charge on any atom is 0.303 e. The number of esters is 1. The predicted octanol–water partition coefficient (Wildman–Crippen LogP) is 4.22. The van der Waals surface area contributed by atoms with Gasteiger partial charge in [-0.2, -0.15) is 0 Å². The van der Waals surface area contributed by atoms with Crippen molar-refractivity contribution in [1.29, 1.82) is 0 Å². The highest BCUT2D eigenvalue weighted by molar-refractivity contribution is 5.66. The molecule has 1 aliphatic carbocycles. The zero-order chi connectivity index (χ0) is 13.7. The van der Waals surface area contributed by atoms with Crippen LogP contribution in [0.1, 0.15) is 51.0 Å². The van der Waals surface area contributed by atoms with E-state index in [0.717, 1.165) is 25.7 Å². The Morgan fingerprint density at radius 3 is 2.42 bits per heavy atom. The number of hydrogen-bond acceptors (Lipinski definition) is 2. The summed E-state index contributed by atoms with van der Waals surface area (Å²) >= 11 is 0. The van der Waals surface area contributed by atoms with E-state index in [-0.39, 0.29) is 11.6 Å². The summed E-state index contributed by atoms with van der Waals surface area (Å²) in [6.45, 7) is 3.48. The molecule has 0 spiro atoms. The van der Waals surface area contributed by atoms with Gasteiger partial charge in [0.1, 0.15) is 5.60 Å². The number of carbonyl (C=O) groups excluding carboxylic acids is 1. The summed E-state index contributed by atoms with van der Waals surface area (Å²) < 4.78 is 5.58. The molecule has 2 nitrogen and oxygen atoms in total. The summed E-state index contributed by atoms with van der Waals surface area (Å²) in [5, 5.41) is 0. The molecule has 0 atom stereocenters. The van der Waals surface area contributed by atoms with Gasteiger partial charge in [0.2, 0.25) is 0 Å². The second-order valence-corrected chi connectivity index (χ2v) is 5.34. The molecular formula is C17H22O2. The Balaban J connectivity index is 2.05. The van der Waals surface area contributed by atoms with E-state index >= 15 is 0 Å². The van der Waals surface area contributed by atoms with Crippen LogP contribution >= 0.6 is 0 Å². The first-order chi connectivity index (χ1) is 9.15. The average Bonchev–Trinajstić information content (AvgIpc) is 2.40. The van der Waals surface area contributed by atoms with E-state index in [2.05, 4.69) is 36.4 Å². The molecule has 2 rings (SSSR count). The van der Waals surface area contributed by atoms with Crippen LogP contribution in [0.25, 0.3) is 0 Å². The molecule has 2 heteroatoms. The molecule has 0 bridgehead atoms. The Morgan fingerprint density at radius 2 is 1.89 bits per heavy atom. The molecule has 0 aliphatic heterocycles. The number of benzene rings is 1. The Kier molecular flexibility index (Phi) is 4.41. The highest BCUT2D eigenvalue weighted by Crippen LogP contribution is 2.40. The summed E-state index contributed by atoms with van der Waals surface area (Å²) in [5.41, 5.74) is 1.03. The van der Waals surface area contributed by atoms with Gasteiger partial charge >= 0.3 is 5.97 Å². The lowest BCUT2D eigenvalue weighted by Crippen LogP contribution is -2.36. The second kappa shape index (κ2) is 6.05. The SMILES string of the molecule is C/C=C/C1(OC(C)=O)CCC(c2ccccc2)CC1. The number of carbonyl (C=O) groups is 1. The van der Waals surface area contributed by atoms with Crippen molar-refractivity contribution in [3.8, 4) is 0 Å². The van der Waals surface area contributed by atoms with Crippen molar-refractivity contribution in [3.63, 3.8) is 0 Å². The minimum Gasteiger partial charge on any atom is -0.455 e. The van der Waals surface area contributed by atoms with Crippen LogP contribution in [0.5, 0.6) is 0 Å². The molecule has 0 heterocycles. The summed E-state index contributed by atoms with van der Waals surface area (Å²) in [5.74, 6) is 0.409. The Hall–Kier alpha value is -1.57.